The fourth-order valence-corrected chi connectivity index (χ4v) is 1.91. The number of rotatable bonds is 2. The van der Waals surface area contributed by atoms with E-state index in [2.05, 4.69) is 20.0 Å². The summed E-state index contributed by atoms with van der Waals surface area (Å²) < 4.78 is 0. The molecule has 3 N–H and O–H groups in total. The molecule has 16 heavy (non-hydrogen) atoms. The van der Waals surface area contributed by atoms with Gasteiger partial charge < -0.3 is 15.8 Å². The SMILES string of the molecule is NC(=NO)C1CCN(c2ncccn2)CC1. The topological polar surface area (TPSA) is 87.6 Å². The predicted octanol–water partition coefficient (Wildman–Crippen LogP) is 0.439. The van der Waals surface area contributed by atoms with Gasteiger partial charge in [-0.15, -0.1) is 0 Å². The van der Waals surface area contributed by atoms with Crippen LogP contribution in [0.25, 0.3) is 0 Å². The lowest BCUT2D eigenvalue weighted by Gasteiger charge is -2.31. The van der Waals surface area contributed by atoms with Crippen LogP contribution in [-0.2, 0) is 0 Å². The van der Waals surface area contributed by atoms with Crippen molar-refractivity contribution in [3.63, 3.8) is 0 Å². The van der Waals surface area contributed by atoms with Crippen LogP contribution in [0.2, 0.25) is 0 Å². The largest absolute Gasteiger partial charge is 0.409 e. The van der Waals surface area contributed by atoms with Crippen molar-refractivity contribution in [1.29, 1.82) is 0 Å². The van der Waals surface area contributed by atoms with Crippen molar-refractivity contribution in [2.24, 2.45) is 16.8 Å². The van der Waals surface area contributed by atoms with Gasteiger partial charge in [0.25, 0.3) is 0 Å². The summed E-state index contributed by atoms with van der Waals surface area (Å²) in [5.41, 5.74) is 5.58. The first-order valence-corrected chi connectivity index (χ1v) is 5.30. The zero-order valence-corrected chi connectivity index (χ0v) is 8.95. The Kier molecular flexibility index (Phi) is 3.19. The van der Waals surface area contributed by atoms with Crippen LogP contribution >= 0.6 is 0 Å². The standard InChI is InChI=1S/C10H15N5O/c11-9(14-16)8-2-6-15(7-3-8)10-12-4-1-5-13-10/h1,4-5,8,16H,2-3,6-7H2,(H2,11,14). The lowest BCUT2D eigenvalue weighted by molar-refractivity contribution is 0.311. The molecule has 0 saturated carbocycles. The molecule has 6 heteroatoms. The van der Waals surface area contributed by atoms with Gasteiger partial charge in [0, 0.05) is 31.4 Å². The minimum atomic E-state index is 0.171. The van der Waals surface area contributed by atoms with Gasteiger partial charge in [0.15, 0.2) is 0 Å². The van der Waals surface area contributed by atoms with Crippen LogP contribution in [0.3, 0.4) is 0 Å². The number of nitrogens with zero attached hydrogens (tertiary/aromatic N) is 4. The third-order valence-corrected chi connectivity index (χ3v) is 2.86. The highest BCUT2D eigenvalue weighted by Gasteiger charge is 2.23. The number of anilines is 1. The van der Waals surface area contributed by atoms with Crippen molar-refractivity contribution >= 4 is 11.8 Å². The summed E-state index contributed by atoms with van der Waals surface area (Å²) in [6, 6.07) is 1.80. The quantitative estimate of drug-likeness (QED) is 0.327. The van der Waals surface area contributed by atoms with Crippen LogP contribution in [0.1, 0.15) is 12.8 Å². The molecule has 0 unspecified atom stereocenters. The summed E-state index contributed by atoms with van der Waals surface area (Å²) in [6.07, 6.45) is 5.21. The Hall–Kier alpha value is -1.85. The van der Waals surface area contributed by atoms with E-state index in [0.29, 0.717) is 5.84 Å². The highest BCUT2D eigenvalue weighted by atomic mass is 16.4. The Balaban J connectivity index is 1.96. The molecule has 0 aromatic carbocycles. The molecule has 86 valence electrons. The zero-order valence-electron chi connectivity index (χ0n) is 8.95. The molecule has 1 aromatic heterocycles. The van der Waals surface area contributed by atoms with Crippen LogP contribution in [-0.4, -0.2) is 34.1 Å². The van der Waals surface area contributed by atoms with Crippen molar-refractivity contribution in [1.82, 2.24) is 9.97 Å². The van der Waals surface area contributed by atoms with Gasteiger partial charge in [-0.1, -0.05) is 5.16 Å². The average molecular weight is 221 g/mol. The van der Waals surface area contributed by atoms with Crippen molar-refractivity contribution in [3.8, 4) is 0 Å². The maximum atomic E-state index is 8.59. The van der Waals surface area contributed by atoms with E-state index in [0.717, 1.165) is 31.9 Å². The lowest BCUT2D eigenvalue weighted by Crippen LogP contribution is -2.39. The van der Waals surface area contributed by atoms with E-state index in [1.165, 1.54) is 0 Å². The van der Waals surface area contributed by atoms with E-state index >= 15 is 0 Å². The van der Waals surface area contributed by atoms with Crippen LogP contribution in [0.5, 0.6) is 0 Å². The highest BCUT2D eigenvalue weighted by molar-refractivity contribution is 5.82. The normalized spacial score (nSPS) is 18.8. The van der Waals surface area contributed by atoms with E-state index in [-0.39, 0.29) is 5.92 Å². The van der Waals surface area contributed by atoms with Crippen molar-refractivity contribution in [2.75, 3.05) is 18.0 Å². The maximum Gasteiger partial charge on any atom is 0.225 e. The van der Waals surface area contributed by atoms with Crippen LogP contribution < -0.4 is 10.6 Å². The van der Waals surface area contributed by atoms with Crippen molar-refractivity contribution in [3.05, 3.63) is 18.5 Å². The van der Waals surface area contributed by atoms with Gasteiger partial charge >= 0.3 is 0 Å². The highest BCUT2D eigenvalue weighted by Crippen LogP contribution is 2.20. The Morgan fingerprint density at radius 2 is 2.00 bits per heavy atom. The summed E-state index contributed by atoms with van der Waals surface area (Å²) in [6.45, 7) is 1.68. The zero-order chi connectivity index (χ0) is 11.4. The average Bonchev–Trinajstić information content (AvgIpc) is 2.39. The second kappa shape index (κ2) is 4.78. The summed E-state index contributed by atoms with van der Waals surface area (Å²) in [5.74, 6) is 1.25. The number of oxime groups is 1. The van der Waals surface area contributed by atoms with E-state index < -0.39 is 0 Å². The van der Waals surface area contributed by atoms with E-state index in [1.807, 2.05) is 0 Å². The second-order valence-electron chi connectivity index (χ2n) is 3.83. The third kappa shape index (κ3) is 2.21. The molecular formula is C10H15N5O. The number of nitrogens with two attached hydrogens (primary N) is 1. The smallest absolute Gasteiger partial charge is 0.225 e. The molecule has 1 aromatic rings. The monoisotopic (exact) mass is 221 g/mol. The number of piperidine rings is 1. The van der Waals surface area contributed by atoms with Gasteiger partial charge in [-0.3, -0.25) is 0 Å². The molecule has 0 atom stereocenters. The van der Waals surface area contributed by atoms with E-state index in [9.17, 15) is 0 Å². The van der Waals surface area contributed by atoms with Gasteiger partial charge in [0.1, 0.15) is 5.84 Å². The Bertz CT molecular complexity index is 359. The fourth-order valence-electron chi connectivity index (χ4n) is 1.91. The maximum absolute atomic E-state index is 8.59. The molecule has 0 bridgehead atoms. The molecule has 0 spiro atoms. The first-order chi connectivity index (χ1) is 7.81. The minimum absolute atomic E-state index is 0.171. The fraction of sp³-hybridized carbons (Fsp3) is 0.500. The van der Waals surface area contributed by atoms with Gasteiger partial charge in [-0.05, 0) is 18.9 Å². The molecule has 0 amide bonds. The molecular weight excluding hydrogens is 206 g/mol. The summed E-state index contributed by atoms with van der Waals surface area (Å²) in [4.78, 5) is 10.5. The lowest BCUT2D eigenvalue weighted by atomic mass is 9.96. The number of aromatic nitrogens is 2. The molecule has 2 heterocycles. The molecule has 0 aliphatic carbocycles. The Morgan fingerprint density at radius 1 is 1.38 bits per heavy atom. The minimum Gasteiger partial charge on any atom is -0.409 e. The Labute approximate surface area is 93.8 Å². The number of hydrogen-bond acceptors (Lipinski definition) is 5. The third-order valence-electron chi connectivity index (χ3n) is 2.86. The molecule has 1 aliphatic heterocycles. The molecule has 6 nitrogen and oxygen atoms in total. The molecule has 0 radical (unpaired) electrons. The summed E-state index contributed by atoms with van der Waals surface area (Å²) in [7, 11) is 0. The van der Waals surface area contributed by atoms with Gasteiger partial charge in [0.05, 0.1) is 0 Å². The summed E-state index contributed by atoms with van der Waals surface area (Å²) >= 11 is 0. The van der Waals surface area contributed by atoms with Crippen molar-refractivity contribution < 1.29 is 5.21 Å². The van der Waals surface area contributed by atoms with Gasteiger partial charge in [-0.25, -0.2) is 9.97 Å². The van der Waals surface area contributed by atoms with Crippen molar-refractivity contribution in [2.45, 2.75) is 12.8 Å². The number of hydrogen-bond donors (Lipinski definition) is 2. The van der Waals surface area contributed by atoms with E-state index in [4.69, 9.17) is 10.9 Å². The molecule has 2 rings (SSSR count). The van der Waals surface area contributed by atoms with Crippen LogP contribution in [0, 0.1) is 5.92 Å². The van der Waals surface area contributed by atoms with Crippen LogP contribution in [0.15, 0.2) is 23.6 Å². The van der Waals surface area contributed by atoms with Gasteiger partial charge in [-0.2, -0.15) is 0 Å². The predicted molar refractivity (Wildman–Crippen MR) is 60.4 cm³/mol. The molecule has 1 saturated heterocycles. The summed E-state index contributed by atoms with van der Waals surface area (Å²) in [5, 5.41) is 11.6. The first-order valence-electron chi connectivity index (χ1n) is 5.30. The second-order valence-corrected chi connectivity index (χ2v) is 3.83. The van der Waals surface area contributed by atoms with Gasteiger partial charge in [0.2, 0.25) is 5.95 Å². The molecule has 1 aliphatic rings. The molecule has 1 fully saturated rings. The number of amidine groups is 1. The first kappa shape index (κ1) is 10.7. The van der Waals surface area contributed by atoms with E-state index in [1.54, 1.807) is 18.5 Å². The Morgan fingerprint density at radius 3 is 2.56 bits per heavy atom. The van der Waals surface area contributed by atoms with Crippen LogP contribution in [0.4, 0.5) is 5.95 Å².